The molecule has 1 aliphatic rings. The van der Waals surface area contributed by atoms with Crippen molar-refractivity contribution in [3.05, 3.63) is 0 Å². The molecule has 0 saturated carbocycles. The lowest BCUT2D eigenvalue weighted by Crippen LogP contribution is -2.45. The monoisotopic (exact) mass is 249 g/mol. The molecular weight excluding hydrogens is 230 g/mol. The van der Waals surface area contributed by atoms with Crippen LogP contribution in [0.2, 0.25) is 0 Å². The van der Waals surface area contributed by atoms with E-state index in [-0.39, 0.29) is 6.04 Å². The number of nitrogens with zero attached hydrogens (tertiary/aromatic N) is 1. The van der Waals surface area contributed by atoms with Crippen LogP contribution in [0.15, 0.2) is 0 Å². The summed E-state index contributed by atoms with van der Waals surface area (Å²) in [6.45, 7) is 2.48. The predicted molar refractivity (Wildman–Crippen MR) is 60.7 cm³/mol. The Labute approximate surface area is 96.5 Å². The Morgan fingerprint density at radius 3 is 2.69 bits per heavy atom. The second-order valence-electron chi connectivity index (χ2n) is 4.20. The highest BCUT2D eigenvalue weighted by molar-refractivity contribution is 7.89. The van der Waals surface area contributed by atoms with Gasteiger partial charge in [-0.05, 0) is 19.3 Å². The zero-order valence-corrected chi connectivity index (χ0v) is 10.4. The summed E-state index contributed by atoms with van der Waals surface area (Å²) in [4.78, 5) is 10.5. The van der Waals surface area contributed by atoms with Crippen molar-refractivity contribution >= 4 is 16.0 Å². The molecule has 94 valence electrons. The van der Waals surface area contributed by atoms with Crippen LogP contribution in [-0.2, 0) is 14.8 Å². The molecule has 0 aromatic heterocycles. The van der Waals surface area contributed by atoms with Crippen molar-refractivity contribution in [1.82, 2.24) is 4.31 Å². The highest BCUT2D eigenvalue weighted by atomic mass is 32.2. The van der Waals surface area contributed by atoms with Gasteiger partial charge in [-0.1, -0.05) is 19.8 Å². The number of hydrogen-bond acceptors (Lipinski definition) is 3. The van der Waals surface area contributed by atoms with E-state index in [2.05, 4.69) is 0 Å². The average molecular weight is 249 g/mol. The molecule has 1 saturated heterocycles. The third kappa shape index (κ3) is 3.45. The smallest absolute Gasteiger partial charge is 0.320 e. The van der Waals surface area contributed by atoms with Crippen molar-refractivity contribution in [2.45, 2.75) is 45.1 Å². The second-order valence-corrected chi connectivity index (χ2v) is 6.12. The first-order chi connectivity index (χ1) is 7.47. The van der Waals surface area contributed by atoms with E-state index in [0.717, 1.165) is 32.1 Å². The average Bonchev–Trinajstić information content (AvgIpc) is 2.17. The van der Waals surface area contributed by atoms with Crippen molar-refractivity contribution in [1.29, 1.82) is 0 Å². The normalized spacial score (nSPS) is 23.2. The molecule has 0 radical (unpaired) electrons. The Kier molecular flexibility index (Phi) is 4.73. The van der Waals surface area contributed by atoms with Gasteiger partial charge >= 0.3 is 5.97 Å². The fourth-order valence-electron chi connectivity index (χ4n) is 2.20. The lowest BCUT2D eigenvalue weighted by atomic mass is 10.0. The van der Waals surface area contributed by atoms with Gasteiger partial charge in [-0.25, -0.2) is 8.42 Å². The molecule has 0 aromatic rings. The summed E-state index contributed by atoms with van der Waals surface area (Å²) in [6.07, 6.45) is 4.46. The van der Waals surface area contributed by atoms with Gasteiger partial charge in [0.05, 0.1) is 0 Å². The molecule has 1 heterocycles. The summed E-state index contributed by atoms with van der Waals surface area (Å²) in [5, 5.41) is 8.59. The van der Waals surface area contributed by atoms with Gasteiger partial charge in [-0.15, -0.1) is 0 Å². The number of piperidine rings is 1. The van der Waals surface area contributed by atoms with E-state index in [1.165, 1.54) is 4.31 Å². The van der Waals surface area contributed by atoms with Gasteiger partial charge in [-0.2, -0.15) is 4.31 Å². The van der Waals surface area contributed by atoms with Gasteiger partial charge in [0.2, 0.25) is 10.0 Å². The van der Waals surface area contributed by atoms with Crippen LogP contribution in [0.3, 0.4) is 0 Å². The summed E-state index contributed by atoms with van der Waals surface area (Å²) in [5.41, 5.74) is 0. The van der Waals surface area contributed by atoms with Gasteiger partial charge in [0.1, 0.15) is 0 Å². The second kappa shape index (κ2) is 5.63. The lowest BCUT2D eigenvalue weighted by molar-refractivity contribution is -0.134. The molecule has 1 fully saturated rings. The summed E-state index contributed by atoms with van der Waals surface area (Å²) in [7, 11) is -3.62. The minimum atomic E-state index is -3.62. The van der Waals surface area contributed by atoms with Crippen LogP contribution in [0.1, 0.15) is 39.0 Å². The van der Waals surface area contributed by atoms with E-state index in [1.807, 2.05) is 6.92 Å². The number of rotatable bonds is 5. The van der Waals surface area contributed by atoms with Crippen molar-refractivity contribution in [3.8, 4) is 0 Å². The van der Waals surface area contributed by atoms with Crippen molar-refractivity contribution in [2.24, 2.45) is 0 Å². The van der Waals surface area contributed by atoms with Crippen LogP contribution < -0.4 is 0 Å². The lowest BCUT2D eigenvalue weighted by Gasteiger charge is -2.34. The van der Waals surface area contributed by atoms with Crippen molar-refractivity contribution in [3.63, 3.8) is 0 Å². The van der Waals surface area contributed by atoms with Gasteiger partial charge in [0.25, 0.3) is 0 Å². The van der Waals surface area contributed by atoms with Crippen LogP contribution in [0.5, 0.6) is 0 Å². The number of carbonyl (C=O) groups is 1. The standard InChI is InChI=1S/C10H19NO4S/c1-2-5-9-6-3-4-7-11(9)16(14,15)8-10(12)13/h9H,2-8H2,1H3,(H,12,13). The van der Waals surface area contributed by atoms with Gasteiger partial charge < -0.3 is 5.11 Å². The molecule has 0 bridgehead atoms. The number of sulfonamides is 1. The Morgan fingerprint density at radius 1 is 1.44 bits per heavy atom. The molecular formula is C10H19NO4S. The molecule has 0 aromatic carbocycles. The van der Waals surface area contributed by atoms with E-state index in [4.69, 9.17) is 5.11 Å². The first-order valence-electron chi connectivity index (χ1n) is 5.68. The highest BCUT2D eigenvalue weighted by Gasteiger charge is 2.32. The maximum Gasteiger partial charge on any atom is 0.320 e. The van der Waals surface area contributed by atoms with E-state index in [9.17, 15) is 13.2 Å². The first kappa shape index (κ1) is 13.4. The van der Waals surface area contributed by atoms with Crippen LogP contribution in [0.25, 0.3) is 0 Å². The highest BCUT2D eigenvalue weighted by Crippen LogP contribution is 2.23. The fraction of sp³-hybridized carbons (Fsp3) is 0.900. The molecule has 0 spiro atoms. The van der Waals surface area contributed by atoms with Gasteiger partial charge in [0, 0.05) is 12.6 Å². The summed E-state index contributed by atoms with van der Waals surface area (Å²) < 4.78 is 25.0. The summed E-state index contributed by atoms with van der Waals surface area (Å²) in [5.74, 6) is -2.06. The third-order valence-electron chi connectivity index (χ3n) is 2.86. The molecule has 6 heteroatoms. The van der Waals surface area contributed by atoms with Crippen molar-refractivity contribution in [2.75, 3.05) is 12.3 Å². The predicted octanol–water partition coefficient (Wildman–Crippen LogP) is 1.06. The van der Waals surface area contributed by atoms with Crippen LogP contribution in [-0.4, -0.2) is 42.1 Å². The van der Waals surface area contributed by atoms with E-state index in [1.54, 1.807) is 0 Å². The van der Waals surface area contributed by atoms with E-state index >= 15 is 0 Å². The van der Waals surface area contributed by atoms with E-state index in [0.29, 0.717) is 6.54 Å². The largest absolute Gasteiger partial charge is 0.480 e. The quantitative estimate of drug-likeness (QED) is 0.790. The number of carboxylic acids is 1. The third-order valence-corrected chi connectivity index (χ3v) is 4.67. The molecule has 1 aliphatic heterocycles. The molecule has 1 N–H and O–H groups in total. The molecule has 1 atom stereocenters. The molecule has 1 rings (SSSR count). The topological polar surface area (TPSA) is 74.7 Å². The zero-order chi connectivity index (χ0) is 12.2. The van der Waals surface area contributed by atoms with Gasteiger partial charge in [-0.3, -0.25) is 4.79 Å². The first-order valence-corrected chi connectivity index (χ1v) is 7.29. The Balaban J connectivity index is 2.77. The number of carboxylic acid groups (broad SMARTS) is 1. The molecule has 16 heavy (non-hydrogen) atoms. The van der Waals surface area contributed by atoms with Crippen LogP contribution in [0, 0.1) is 0 Å². The Hall–Kier alpha value is -0.620. The SMILES string of the molecule is CCCC1CCCCN1S(=O)(=O)CC(=O)O. The fourth-order valence-corrected chi connectivity index (χ4v) is 3.75. The molecule has 1 unspecified atom stereocenters. The number of hydrogen-bond donors (Lipinski definition) is 1. The molecule has 0 amide bonds. The summed E-state index contributed by atoms with van der Waals surface area (Å²) >= 11 is 0. The molecule has 0 aliphatic carbocycles. The summed E-state index contributed by atoms with van der Waals surface area (Å²) in [6, 6.07) is 0.00287. The van der Waals surface area contributed by atoms with Crippen LogP contribution in [0.4, 0.5) is 0 Å². The number of aliphatic carboxylic acids is 1. The Morgan fingerprint density at radius 2 is 2.12 bits per heavy atom. The van der Waals surface area contributed by atoms with Crippen LogP contribution >= 0.6 is 0 Å². The van der Waals surface area contributed by atoms with Gasteiger partial charge in [0.15, 0.2) is 5.75 Å². The minimum Gasteiger partial charge on any atom is -0.480 e. The molecule has 5 nitrogen and oxygen atoms in total. The van der Waals surface area contributed by atoms with E-state index < -0.39 is 21.7 Å². The minimum absolute atomic E-state index is 0.00287. The maximum atomic E-state index is 11.8. The zero-order valence-electron chi connectivity index (χ0n) is 9.55. The Bertz CT molecular complexity index is 337. The van der Waals surface area contributed by atoms with Crippen molar-refractivity contribution < 1.29 is 18.3 Å². The maximum absolute atomic E-state index is 11.8.